The van der Waals surface area contributed by atoms with Crippen molar-refractivity contribution in [2.75, 3.05) is 23.1 Å². The van der Waals surface area contributed by atoms with Gasteiger partial charge in [-0.2, -0.15) is 10.4 Å². The van der Waals surface area contributed by atoms with Crippen molar-refractivity contribution in [3.8, 4) is 11.8 Å². The van der Waals surface area contributed by atoms with Crippen LogP contribution in [0.5, 0.6) is 5.75 Å². The van der Waals surface area contributed by atoms with Crippen molar-refractivity contribution in [1.82, 2.24) is 19.7 Å². The van der Waals surface area contributed by atoms with Gasteiger partial charge in [-0.3, -0.25) is 19.4 Å². The number of aryl methyl sites for hydroxylation is 1. The average molecular weight is 566 g/mol. The molecule has 0 aliphatic heterocycles. The van der Waals surface area contributed by atoms with E-state index in [2.05, 4.69) is 26.8 Å². The van der Waals surface area contributed by atoms with Crippen LogP contribution in [0.1, 0.15) is 30.8 Å². The van der Waals surface area contributed by atoms with E-state index in [1.54, 1.807) is 24.4 Å². The number of ether oxygens (including phenoxy) is 1. The van der Waals surface area contributed by atoms with E-state index in [-0.39, 0.29) is 11.8 Å². The van der Waals surface area contributed by atoms with Crippen LogP contribution >= 0.6 is 11.6 Å². The van der Waals surface area contributed by atoms with Crippen LogP contribution in [0, 0.1) is 11.3 Å². The maximum Gasteiger partial charge on any atom is 0.248 e. The van der Waals surface area contributed by atoms with Crippen LogP contribution in [0.4, 0.5) is 17.1 Å². The number of halogens is 1. The van der Waals surface area contributed by atoms with Crippen LogP contribution in [-0.2, 0) is 17.8 Å². The predicted molar refractivity (Wildman–Crippen MR) is 162 cm³/mol. The molecule has 10 heteroatoms. The predicted octanol–water partition coefficient (Wildman–Crippen LogP) is 6.34. The second kappa shape index (κ2) is 12.5. The standard InChI is InChI=1S/C31H28ClN7O2/c1-3-25-24(17-33)31(23-15-27(38-30(40)9-7-12-32)29(41-4-2)16-26(23)37-25)36-21-10-11-28-20(14-21)18-35-39(28)19-22-8-5-6-13-34-22/h5-11,13-16,18H,3-4,12,19H2,1-2H3,(H,36,37)(H,38,40)/b9-7+. The van der Waals surface area contributed by atoms with Crippen LogP contribution in [0.3, 0.4) is 0 Å². The molecule has 3 aromatic heterocycles. The van der Waals surface area contributed by atoms with Crippen molar-refractivity contribution < 1.29 is 9.53 Å². The van der Waals surface area contributed by atoms with Gasteiger partial charge >= 0.3 is 0 Å². The summed E-state index contributed by atoms with van der Waals surface area (Å²) < 4.78 is 7.73. The molecule has 0 atom stereocenters. The number of nitrogens with zero attached hydrogens (tertiary/aromatic N) is 5. The van der Waals surface area contributed by atoms with Crippen molar-refractivity contribution in [1.29, 1.82) is 5.26 Å². The van der Waals surface area contributed by atoms with E-state index in [9.17, 15) is 10.1 Å². The van der Waals surface area contributed by atoms with Crippen LogP contribution in [0.25, 0.3) is 21.8 Å². The molecule has 1 amide bonds. The number of fused-ring (bicyclic) bond motifs is 2. The summed E-state index contributed by atoms with van der Waals surface area (Å²) in [6.45, 7) is 4.79. The number of carbonyl (C=O) groups is 1. The molecule has 0 aliphatic rings. The lowest BCUT2D eigenvalue weighted by Crippen LogP contribution is -2.10. The molecule has 0 bridgehead atoms. The first-order valence-corrected chi connectivity index (χ1v) is 13.8. The normalized spacial score (nSPS) is 11.2. The summed E-state index contributed by atoms with van der Waals surface area (Å²) in [5.74, 6) is 0.367. The van der Waals surface area contributed by atoms with E-state index in [1.807, 2.05) is 61.1 Å². The number of benzene rings is 2. The van der Waals surface area contributed by atoms with E-state index < -0.39 is 0 Å². The fraction of sp³-hybridized carbons (Fsp3) is 0.194. The zero-order chi connectivity index (χ0) is 28.8. The number of carbonyl (C=O) groups excluding carboxylic acids is 1. The Morgan fingerprint density at radius 1 is 1.20 bits per heavy atom. The number of hydrogen-bond acceptors (Lipinski definition) is 7. The molecule has 2 N–H and O–H groups in total. The zero-order valence-corrected chi connectivity index (χ0v) is 23.4. The molecular formula is C31H28ClN7O2. The van der Waals surface area contributed by atoms with Gasteiger partial charge in [0.2, 0.25) is 5.91 Å². The van der Waals surface area contributed by atoms with Gasteiger partial charge in [-0.1, -0.05) is 19.1 Å². The Kier molecular flexibility index (Phi) is 8.42. The van der Waals surface area contributed by atoms with Crippen molar-refractivity contribution in [3.05, 3.63) is 90.0 Å². The van der Waals surface area contributed by atoms with Crippen LogP contribution < -0.4 is 15.4 Å². The number of amides is 1. The van der Waals surface area contributed by atoms with Crippen LogP contribution in [0.15, 0.2) is 73.1 Å². The molecule has 0 radical (unpaired) electrons. The van der Waals surface area contributed by atoms with Gasteiger partial charge in [0.25, 0.3) is 0 Å². The van der Waals surface area contributed by atoms with E-state index in [4.69, 9.17) is 21.3 Å². The fourth-order valence-corrected chi connectivity index (χ4v) is 4.72. The van der Waals surface area contributed by atoms with E-state index >= 15 is 0 Å². The minimum absolute atomic E-state index is 0.221. The molecule has 0 unspecified atom stereocenters. The Morgan fingerprint density at radius 3 is 2.80 bits per heavy atom. The van der Waals surface area contributed by atoms with Crippen LogP contribution in [-0.4, -0.2) is 38.1 Å². The highest BCUT2D eigenvalue weighted by Crippen LogP contribution is 2.38. The third kappa shape index (κ3) is 5.98. The Hall–Kier alpha value is -4.94. The molecule has 0 fully saturated rings. The number of alkyl halides is 1. The lowest BCUT2D eigenvalue weighted by atomic mass is 10.0. The molecule has 2 aromatic carbocycles. The van der Waals surface area contributed by atoms with E-state index in [1.165, 1.54) is 6.08 Å². The van der Waals surface area contributed by atoms with Crippen molar-refractivity contribution in [2.45, 2.75) is 26.8 Å². The quantitative estimate of drug-likeness (QED) is 0.150. The first kappa shape index (κ1) is 27.6. The van der Waals surface area contributed by atoms with Gasteiger partial charge in [-0.05, 0) is 49.7 Å². The summed E-state index contributed by atoms with van der Waals surface area (Å²) in [4.78, 5) is 21.7. The van der Waals surface area contributed by atoms with Gasteiger partial charge in [-0.15, -0.1) is 11.6 Å². The molecule has 3 heterocycles. The summed E-state index contributed by atoms with van der Waals surface area (Å²) in [6.07, 6.45) is 7.08. The van der Waals surface area contributed by atoms with E-state index in [0.29, 0.717) is 58.9 Å². The lowest BCUT2D eigenvalue weighted by molar-refractivity contribution is -0.111. The van der Waals surface area contributed by atoms with E-state index in [0.717, 1.165) is 22.3 Å². The molecule has 206 valence electrons. The SMILES string of the molecule is CCOc1cc2nc(CC)c(C#N)c(Nc3ccc4c(cnn4Cc4ccccn4)c3)c2cc1NC(=O)/C=C/CCl. The van der Waals surface area contributed by atoms with Gasteiger partial charge in [0.1, 0.15) is 11.8 Å². The molecule has 5 aromatic rings. The summed E-state index contributed by atoms with van der Waals surface area (Å²) in [5, 5.41) is 22.7. The smallest absolute Gasteiger partial charge is 0.248 e. The summed E-state index contributed by atoms with van der Waals surface area (Å²) >= 11 is 5.69. The molecule has 0 saturated heterocycles. The Morgan fingerprint density at radius 2 is 2.07 bits per heavy atom. The molecule has 9 nitrogen and oxygen atoms in total. The van der Waals surface area contributed by atoms with Gasteiger partial charge in [0.05, 0.1) is 58.7 Å². The fourth-order valence-electron chi connectivity index (χ4n) is 4.63. The minimum Gasteiger partial charge on any atom is -0.492 e. The number of nitrogens with one attached hydrogen (secondary N) is 2. The zero-order valence-electron chi connectivity index (χ0n) is 22.7. The Bertz CT molecular complexity index is 1790. The Balaban J connectivity index is 1.58. The van der Waals surface area contributed by atoms with Crippen LogP contribution in [0.2, 0.25) is 0 Å². The monoisotopic (exact) mass is 565 g/mol. The summed E-state index contributed by atoms with van der Waals surface area (Å²) in [5.41, 5.74) is 5.48. The number of pyridine rings is 2. The molecular weight excluding hydrogens is 538 g/mol. The number of anilines is 3. The topological polar surface area (TPSA) is 118 Å². The third-order valence-corrected chi connectivity index (χ3v) is 6.65. The van der Waals surface area contributed by atoms with Crippen molar-refractivity contribution in [3.63, 3.8) is 0 Å². The first-order chi connectivity index (χ1) is 20.0. The van der Waals surface area contributed by atoms with Gasteiger partial charge < -0.3 is 15.4 Å². The number of nitriles is 1. The number of aromatic nitrogens is 4. The second-order valence-corrected chi connectivity index (χ2v) is 9.45. The Labute approximate surface area is 242 Å². The number of hydrogen-bond donors (Lipinski definition) is 2. The maximum absolute atomic E-state index is 12.5. The van der Waals surface area contributed by atoms with Crippen molar-refractivity contribution >= 4 is 56.4 Å². The minimum atomic E-state index is -0.340. The maximum atomic E-state index is 12.5. The molecule has 0 spiro atoms. The average Bonchev–Trinajstić information content (AvgIpc) is 3.38. The van der Waals surface area contributed by atoms with Gasteiger partial charge in [0.15, 0.2) is 0 Å². The highest BCUT2D eigenvalue weighted by Gasteiger charge is 2.19. The highest BCUT2D eigenvalue weighted by molar-refractivity contribution is 6.19. The number of rotatable bonds is 10. The molecule has 5 rings (SSSR count). The largest absolute Gasteiger partial charge is 0.492 e. The molecule has 0 aliphatic carbocycles. The molecule has 0 saturated carbocycles. The second-order valence-electron chi connectivity index (χ2n) is 9.14. The summed E-state index contributed by atoms with van der Waals surface area (Å²) in [6, 6.07) is 17.6. The third-order valence-electron chi connectivity index (χ3n) is 6.47. The lowest BCUT2D eigenvalue weighted by Gasteiger charge is -2.18. The van der Waals surface area contributed by atoms with Crippen molar-refractivity contribution in [2.24, 2.45) is 0 Å². The number of allylic oxidation sites excluding steroid dienone is 1. The summed E-state index contributed by atoms with van der Waals surface area (Å²) in [7, 11) is 0. The first-order valence-electron chi connectivity index (χ1n) is 13.2. The highest BCUT2D eigenvalue weighted by atomic mass is 35.5. The van der Waals surface area contributed by atoms with Gasteiger partial charge in [0, 0.05) is 40.7 Å². The molecule has 41 heavy (non-hydrogen) atoms. The van der Waals surface area contributed by atoms with Gasteiger partial charge in [-0.25, -0.2) is 0 Å².